The van der Waals surface area contributed by atoms with Crippen molar-refractivity contribution in [1.82, 2.24) is 9.97 Å². The van der Waals surface area contributed by atoms with Crippen molar-refractivity contribution >= 4 is 11.6 Å². The zero-order valence-electron chi connectivity index (χ0n) is 11.6. The minimum atomic E-state index is 0.353. The molecule has 0 spiro atoms. The lowest BCUT2D eigenvalue weighted by atomic mass is 9.92. The highest BCUT2D eigenvalue weighted by Gasteiger charge is 2.12. The molecule has 0 bridgehead atoms. The van der Waals surface area contributed by atoms with Crippen LogP contribution in [0.3, 0.4) is 0 Å². The third-order valence-electron chi connectivity index (χ3n) is 2.60. The molecule has 17 heavy (non-hydrogen) atoms. The highest BCUT2D eigenvalue weighted by molar-refractivity contribution is 5.47. The lowest BCUT2D eigenvalue weighted by molar-refractivity contribution is 0.381. The Kier molecular flexibility index (Phi) is 4.73. The van der Waals surface area contributed by atoms with E-state index in [1.165, 1.54) is 0 Å². The van der Waals surface area contributed by atoms with E-state index in [9.17, 15) is 0 Å². The molecule has 1 aromatic rings. The van der Waals surface area contributed by atoms with E-state index in [1.54, 1.807) is 6.33 Å². The number of hydrogen-bond donors (Lipinski definition) is 1. The molecule has 1 rings (SSSR count). The second-order valence-electron chi connectivity index (χ2n) is 5.52. The van der Waals surface area contributed by atoms with Crippen LogP contribution in [0.1, 0.15) is 34.1 Å². The van der Waals surface area contributed by atoms with Crippen molar-refractivity contribution in [1.29, 1.82) is 0 Å². The summed E-state index contributed by atoms with van der Waals surface area (Å²) in [6.45, 7) is 10.7. The molecule has 0 saturated carbocycles. The van der Waals surface area contributed by atoms with Gasteiger partial charge in [0, 0.05) is 26.2 Å². The van der Waals surface area contributed by atoms with Gasteiger partial charge in [-0.05, 0) is 18.8 Å². The largest absolute Gasteiger partial charge is 0.370 e. The molecule has 0 aliphatic rings. The van der Waals surface area contributed by atoms with Crippen molar-refractivity contribution in [2.75, 3.05) is 30.4 Å². The number of aromatic nitrogens is 2. The number of anilines is 2. The van der Waals surface area contributed by atoms with Crippen LogP contribution in [0.4, 0.5) is 11.6 Å². The fourth-order valence-electron chi connectivity index (χ4n) is 1.45. The number of nitrogens with one attached hydrogen (secondary N) is 1. The minimum Gasteiger partial charge on any atom is -0.370 e. The summed E-state index contributed by atoms with van der Waals surface area (Å²) in [5.74, 6) is 1.86. The molecule has 0 saturated heterocycles. The molecule has 1 heterocycles. The maximum atomic E-state index is 4.30. The maximum absolute atomic E-state index is 4.30. The van der Waals surface area contributed by atoms with Gasteiger partial charge in [-0.15, -0.1) is 0 Å². The monoisotopic (exact) mass is 236 g/mol. The second-order valence-corrected chi connectivity index (χ2v) is 5.52. The van der Waals surface area contributed by atoms with Gasteiger partial charge in [0.15, 0.2) is 0 Å². The molecule has 96 valence electrons. The van der Waals surface area contributed by atoms with Gasteiger partial charge in [-0.1, -0.05) is 20.8 Å². The average Bonchev–Trinajstić information content (AvgIpc) is 2.26. The van der Waals surface area contributed by atoms with Gasteiger partial charge < -0.3 is 10.2 Å². The summed E-state index contributed by atoms with van der Waals surface area (Å²) in [5, 5.41) is 3.20. The van der Waals surface area contributed by atoms with Crippen molar-refractivity contribution in [3.05, 3.63) is 12.4 Å². The molecule has 4 nitrogen and oxygen atoms in total. The van der Waals surface area contributed by atoms with E-state index in [-0.39, 0.29) is 0 Å². The van der Waals surface area contributed by atoms with E-state index in [1.807, 2.05) is 6.07 Å². The van der Waals surface area contributed by atoms with Crippen LogP contribution in [0, 0.1) is 5.41 Å². The lowest BCUT2D eigenvalue weighted by Gasteiger charge is -2.24. The Morgan fingerprint density at radius 1 is 1.29 bits per heavy atom. The van der Waals surface area contributed by atoms with Crippen molar-refractivity contribution < 1.29 is 0 Å². The van der Waals surface area contributed by atoms with Gasteiger partial charge in [-0.2, -0.15) is 0 Å². The predicted molar refractivity (Wildman–Crippen MR) is 73.5 cm³/mol. The molecule has 0 aromatic carbocycles. The Bertz CT molecular complexity index is 344. The third kappa shape index (κ3) is 5.02. The summed E-state index contributed by atoms with van der Waals surface area (Å²) in [5.41, 5.74) is 0.353. The van der Waals surface area contributed by atoms with E-state index in [4.69, 9.17) is 0 Å². The van der Waals surface area contributed by atoms with Crippen LogP contribution < -0.4 is 10.2 Å². The Balaban J connectivity index is 2.62. The predicted octanol–water partition coefficient (Wildman–Crippen LogP) is 2.78. The van der Waals surface area contributed by atoms with E-state index in [0.29, 0.717) is 5.41 Å². The Hall–Kier alpha value is -1.32. The average molecular weight is 236 g/mol. The molecule has 0 atom stereocenters. The molecule has 0 fully saturated rings. The minimum absolute atomic E-state index is 0.353. The Morgan fingerprint density at radius 2 is 2.00 bits per heavy atom. The van der Waals surface area contributed by atoms with E-state index in [2.05, 4.69) is 54.9 Å². The Labute approximate surface area is 104 Å². The lowest BCUT2D eigenvalue weighted by Crippen LogP contribution is -2.24. The van der Waals surface area contributed by atoms with Crippen LogP contribution in [0.2, 0.25) is 0 Å². The molecule has 1 N–H and O–H groups in total. The molecular formula is C13H24N4. The normalized spacial score (nSPS) is 11.4. The maximum Gasteiger partial charge on any atom is 0.133 e. The molecule has 0 aliphatic carbocycles. The second kappa shape index (κ2) is 5.84. The zero-order valence-corrected chi connectivity index (χ0v) is 11.6. The molecule has 0 unspecified atom stereocenters. The van der Waals surface area contributed by atoms with Crippen LogP contribution in [0.5, 0.6) is 0 Å². The summed E-state index contributed by atoms with van der Waals surface area (Å²) < 4.78 is 0. The quantitative estimate of drug-likeness (QED) is 0.853. The van der Waals surface area contributed by atoms with Crippen molar-refractivity contribution in [2.45, 2.75) is 34.1 Å². The Morgan fingerprint density at radius 3 is 2.59 bits per heavy atom. The summed E-state index contributed by atoms with van der Waals surface area (Å²) in [7, 11) is 2.07. The first kappa shape index (κ1) is 13.7. The third-order valence-corrected chi connectivity index (χ3v) is 2.60. The van der Waals surface area contributed by atoms with E-state index >= 15 is 0 Å². The fourth-order valence-corrected chi connectivity index (χ4v) is 1.45. The van der Waals surface area contributed by atoms with Crippen LogP contribution in [-0.2, 0) is 0 Å². The van der Waals surface area contributed by atoms with Gasteiger partial charge in [0.25, 0.3) is 0 Å². The summed E-state index contributed by atoms with van der Waals surface area (Å²) in [6, 6.07) is 1.99. The first-order chi connectivity index (χ1) is 7.92. The van der Waals surface area contributed by atoms with Crippen LogP contribution in [-0.4, -0.2) is 30.1 Å². The zero-order chi connectivity index (χ0) is 12.9. The highest BCUT2D eigenvalue weighted by atomic mass is 15.2. The molecular weight excluding hydrogens is 212 g/mol. The standard InChI is InChI=1S/C13H24N4/c1-6-14-11-9-12(16-10-15-11)17(5)8-7-13(2,3)4/h9-10H,6-8H2,1-5H3,(H,14,15,16). The SMILES string of the molecule is CCNc1cc(N(C)CCC(C)(C)C)ncn1. The van der Waals surface area contributed by atoms with E-state index < -0.39 is 0 Å². The van der Waals surface area contributed by atoms with Gasteiger partial charge in [-0.25, -0.2) is 9.97 Å². The van der Waals surface area contributed by atoms with Crippen LogP contribution >= 0.6 is 0 Å². The molecule has 4 heteroatoms. The molecule has 0 radical (unpaired) electrons. The number of rotatable bonds is 5. The van der Waals surface area contributed by atoms with Gasteiger partial charge in [-0.3, -0.25) is 0 Å². The van der Waals surface area contributed by atoms with Gasteiger partial charge in [0.05, 0.1) is 0 Å². The van der Waals surface area contributed by atoms with Gasteiger partial charge in [0.2, 0.25) is 0 Å². The van der Waals surface area contributed by atoms with Crippen molar-refractivity contribution in [3.8, 4) is 0 Å². The number of hydrogen-bond acceptors (Lipinski definition) is 4. The van der Waals surface area contributed by atoms with Gasteiger partial charge >= 0.3 is 0 Å². The van der Waals surface area contributed by atoms with Crippen LogP contribution in [0.15, 0.2) is 12.4 Å². The van der Waals surface area contributed by atoms with Gasteiger partial charge in [0.1, 0.15) is 18.0 Å². The smallest absolute Gasteiger partial charge is 0.133 e. The molecule has 1 aromatic heterocycles. The summed E-state index contributed by atoms with van der Waals surface area (Å²) >= 11 is 0. The number of nitrogens with zero attached hydrogens (tertiary/aromatic N) is 3. The molecule has 0 amide bonds. The first-order valence-corrected chi connectivity index (χ1v) is 6.19. The van der Waals surface area contributed by atoms with Crippen molar-refractivity contribution in [3.63, 3.8) is 0 Å². The highest BCUT2D eigenvalue weighted by Crippen LogP contribution is 2.20. The summed E-state index contributed by atoms with van der Waals surface area (Å²) in [4.78, 5) is 10.6. The van der Waals surface area contributed by atoms with E-state index in [0.717, 1.165) is 31.1 Å². The first-order valence-electron chi connectivity index (χ1n) is 6.19. The van der Waals surface area contributed by atoms with Crippen LogP contribution in [0.25, 0.3) is 0 Å². The summed E-state index contributed by atoms with van der Waals surface area (Å²) in [6.07, 6.45) is 2.75. The fraction of sp³-hybridized carbons (Fsp3) is 0.692. The van der Waals surface area contributed by atoms with Crippen molar-refractivity contribution in [2.24, 2.45) is 5.41 Å². The molecule has 0 aliphatic heterocycles. The topological polar surface area (TPSA) is 41.0 Å².